The Balaban J connectivity index is 1.65. The first-order chi connectivity index (χ1) is 15.7. The van der Waals surface area contributed by atoms with Crippen molar-refractivity contribution in [3.8, 4) is 34.1 Å². The average Bonchev–Trinajstić information content (AvgIpc) is 2.87. The summed E-state index contributed by atoms with van der Waals surface area (Å²) in [5, 5.41) is 2.91. The number of nitrogens with zero attached hydrogens (tertiary/aromatic N) is 4. The molecule has 0 aromatic carbocycles. The molecule has 1 N–H and O–H groups in total. The molecular weight excluding hydrogens is 406 g/mol. The van der Waals surface area contributed by atoms with Gasteiger partial charge < -0.3 is 14.8 Å². The van der Waals surface area contributed by atoms with Crippen LogP contribution in [-0.2, 0) is 6.54 Å². The SMILES string of the molecule is COc1ccc(CNC(=O)c2cc(-c3cccnc3)cnc2-c2ccccn2)nc1OC. The Morgan fingerprint density at radius 3 is 2.56 bits per heavy atom. The zero-order valence-electron chi connectivity index (χ0n) is 17.6. The minimum atomic E-state index is -0.291. The van der Waals surface area contributed by atoms with Gasteiger partial charge in [0.25, 0.3) is 11.8 Å². The fourth-order valence-electron chi connectivity index (χ4n) is 3.17. The second-order valence-corrected chi connectivity index (χ2v) is 6.77. The number of ether oxygens (including phenoxy) is 2. The number of pyridine rings is 4. The van der Waals surface area contributed by atoms with Crippen LogP contribution < -0.4 is 14.8 Å². The number of methoxy groups -OCH3 is 2. The van der Waals surface area contributed by atoms with Crippen LogP contribution in [0.15, 0.2) is 73.3 Å². The Hall–Kier alpha value is -4.33. The number of hydrogen-bond donors (Lipinski definition) is 1. The van der Waals surface area contributed by atoms with E-state index in [1.54, 1.807) is 50.1 Å². The molecule has 160 valence electrons. The summed E-state index contributed by atoms with van der Waals surface area (Å²) in [6, 6.07) is 14.6. The van der Waals surface area contributed by atoms with E-state index in [1.165, 1.54) is 7.11 Å². The zero-order chi connectivity index (χ0) is 22.3. The summed E-state index contributed by atoms with van der Waals surface area (Å²) < 4.78 is 10.4. The summed E-state index contributed by atoms with van der Waals surface area (Å²) in [5.41, 5.74) is 3.79. The molecule has 0 saturated heterocycles. The first kappa shape index (κ1) is 20.9. The summed E-state index contributed by atoms with van der Waals surface area (Å²) in [7, 11) is 3.06. The highest BCUT2D eigenvalue weighted by atomic mass is 16.5. The third kappa shape index (κ3) is 4.54. The number of carbonyl (C=O) groups excluding carboxylic acids is 1. The number of aromatic nitrogens is 4. The maximum atomic E-state index is 13.2. The van der Waals surface area contributed by atoms with Gasteiger partial charge in [-0.1, -0.05) is 12.1 Å². The number of rotatable bonds is 7. The molecule has 1 amide bonds. The van der Waals surface area contributed by atoms with E-state index in [9.17, 15) is 4.79 Å². The molecule has 8 nitrogen and oxygen atoms in total. The number of hydrogen-bond acceptors (Lipinski definition) is 7. The fourth-order valence-corrected chi connectivity index (χ4v) is 3.17. The predicted octanol–water partition coefficient (Wildman–Crippen LogP) is 3.55. The van der Waals surface area contributed by atoms with Crippen LogP contribution in [0.1, 0.15) is 16.1 Å². The smallest absolute Gasteiger partial charge is 0.257 e. The molecule has 32 heavy (non-hydrogen) atoms. The van der Waals surface area contributed by atoms with Crippen molar-refractivity contribution in [3.63, 3.8) is 0 Å². The van der Waals surface area contributed by atoms with E-state index in [4.69, 9.17) is 9.47 Å². The van der Waals surface area contributed by atoms with Gasteiger partial charge in [-0.2, -0.15) is 0 Å². The Bertz CT molecular complexity index is 1220. The largest absolute Gasteiger partial charge is 0.491 e. The van der Waals surface area contributed by atoms with Gasteiger partial charge in [-0.3, -0.25) is 19.7 Å². The molecule has 0 saturated carbocycles. The van der Waals surface area contributed by atoms with Crippen LogP contribution in [0.2, 0.25) is 0 Å². The van der Waals surface area contributed by atoms with E-state index in [-0.39, 0.29) is 12.5 Å². The Morgan fingerprint density at radius 1 is 0.938 bits per heavy atom. The zero-order valence-corrected chi connectivity index (χ0v) is 17.6. The summed E-state index contributed by atoms with van der Waals surface area (Å²) in [6.07, 6.45) is 6.81. The van der Waals surface area contributed by atoms with Crippen molar-refractivity contribution in [2.45, 2.75) is 6.54 Å². The van der Waals surface area contributed by atoms with E-state index in [0.717, 1.165) is 11.1 Å². The van der Waals surface area contributed by atoms with E-state index in [0.29, 0.717) is 34.3 Å². The molecule has 0 atom stereocenters. The second kappa shape index (κ2) is 9.65. The first-order valence-electron chi connectivity index (χ1n) is 9.87. The summed E-state index contributed by atoms with van der Waals surface area (Å²) in [6.45, 7) is 0.206. The maximum Gasteiger partial charge on any atom is 0.257 e. The number of carbonyl (C=O) groups is 1. The lowest BCUT2D eigenvalue weighted by Crippen LogP contribution is -2.24. The van der Waals surface area contributed by atoms with Crippen LogP contribution in [0.4, 0.5) is 0 Å². The molecule has 8 heteroatoms. The molecule has 0 spiro atoms. The highest BCUT2D eigenvalue weighted by molar-refractivity contribution is 6.00. The molecule has 0 radical (unpaired) electrons. The Morgan fingerprint density at radius 2 is 1.84 bits per heavy atom. The molecule has 4 rings (SSSR count). The van der Waals surface area contributed by atoms with Crippen LogP contribution >= 0.6 is 0 Å². The van der Waals surface area contributed by atoms with E-state index >= 15 is 0 Å². The van der Waals surface area contributed by atoms with Crippen LogP contribution in [0.25, 0.3) is 22.5 Å². The molecule has 0 fully saturated rings. The number of nitrogens with one attached hydrogen (secondary N) is 1. The summed E-state index contributed by atoms with van der Waals surface area (Å²) in [4.78, 5) is 30.6. The minimum absolute atomic E-state index is 0.206. The molecule has 0 unspecified atom stereocenters. The van der Waals surface area contributed by atoms with Gasteiger partial charge in [-0.15, -0.1) is 0 Å². The highest BCUT2D eigenvalue weighted by Crippen LogP contribution is 2.26. The quantitative estimate of drug-likeness (QED) is 0.481. The Labute approximate surface area is 185 Å². The molecule has 0 aliphatic rings. The third-order valence-electron chi connectivity index (χ3n) is 4.76. The van der Waals surface area contributed by atoms with Crippen molar-refractivity contribution in [2.24, 2.45) is 0 Å². The predicted molar refractivity (Wildman–Crippen MR) is 119 cm³/mol. The van der Waals surface area contributed by atoms with Gasteiger partial charge in [0.2, 0.25) is 0 Å². The van der Waals surface area contributed by atoms with Crippen molar-refractivity contribution in [1.29, 1.82) is 0 Å². The summed E-state index contributed by atoms with van der Waals surface area (Å²) in [5.74, 6) is 0.586. The van der Waals surface area contributed by atoms with Crippen molar-refractivity contribution >= 4 is 5.91 Å². The Kier molecular flexibility index (Phi) is 6.31. The van der Waals surface area contributed by atoms with Gasteiger partial charge in [-0.25, -0.2) is 4.98 Å². The van der Waals surface area contributed by atoms with Gasteiger partial charge in [0.15, 0.2) is 5.75 Å². The minimum Gasteiger partial charge on any atom is -0.491 e. The van der Waals surface area contributed by atoms with Gasteiger partial charge in [0, 0.05) is 35.9 Å². The van der Waals surface area contributed by atoms with Crippen LogP contribution in [0, 0.1) is 0 Å². The van der Waals surface area contributed by atoms with Crippen LogP contribution in [0.3, 0.4) is 0 Å². The van der Waals surface area contributed by atoms with E-state index in [1.807, 2.05) is 30.3 Å². The van der Waals surface area contributed by atoms with Crippen LogP contribution in [-0.4, -0.2) is 40.1 Å². The maximum absolute atomic E-state index is 13.2. The third-order valence-corrected chi connectivity index (χ3v) is 4.76. The normalized spacial score (nSPS) is 10.4. The van der Waals surface area contributed by atoms with Gasteiger partial charge in [0.1, 0.15) is 5.69 Å². The van der Waals surface area contributed by atoms with E-state index in [2.05, 4.69) is 25.3 Å². The molecule has 4 heterocycles. The molecule has 0 aliphatic carbocycles. The second-order valence-electron chi connectivity index (χ2n) is 6.77. The van der Waals surface area contributed by atoms with Crippen molar-refractivity contribution in [1.82, 2.24) is 25.3 Å². The summed E-state index contributed by atoms with van der Waals surface area (Å²) >= 11 is 0. The van der Waals surface area contributed by atoms with Gasteiger partial charge in [-0.05, 0) is 36.4 Å². The van der Waals surface area contributed by atoms with Gasteiger partial charge in [0.05, 0.1) is 37.7 Å². The van der Waals surface area contributed by atoms with Crippen molar-refractivity contribution < 1.29 is 14.3 Å². The van der Waals surface area contributed by atoms with Crippen LogP contribution in [0.5, 0.6) is 11.6 Å². The first-order valence-corrected chi connectivity index (χ1v) is 9.87. The van der Waals surface area contributed by atoms with Crippen molar-refractivity contribution in [2.75, 3.05) is 14.2 Å². The topological polar surface area (TPSA) is 99.1 Å². The lowest BCUT2D eigenvalue weighted by molar-refractivity contribution is 0.0950. The van der Waals surface area contributed by atoms with E-state index < -0.39 is 0 Å². The lowest BCUT2D eigenvalue weighted by atomic mass is 10.0. The average molecular weight is 427 g/mol. The highest BCUT2D eigenvalue weighted by Gasteiger charge is 2.17. The monoisotopic (exact) mass is 427 g/mol. The molecule has 0 aliphatic heterocycles. The van der Waals surface area contributed by atoms with Crippen molar-refractivity contribution in [3.05, 3.63) is 84.6 Å². The fraction of sp³-hybridized carbons (Fsp3) is 0.125. The molecule has 4 aromatic rings. The number of amides is 1. The lowest BCUT2D eigenvalue weighted by Gasteiger charge is -2.12. The standard InChI is InChI=1S/C24H21N5O3/c1-31-21-9-8-18(29-24(21)32-2)15-28-23(30)19-12-17(16-6-5-10-25-13-16)14-27-22(19)20-7-3-4-11-26-20/h3-14H,15H2,1-2H3,(H,28,30). The molecular formula is C24H21N5O3. The van der Waals surface area contributed by atoms with Gasteiger partial charge >= 0.3 is 0 Å². The molecule has 4 aromatic heterocycles. The molecule has 0 bridgehead atoms.